The Morgan fingerprint density at radius 1 is 1.53 bits per heavy atom. The van der Waals surface area contributed by atoms with Gasteiger partial charge in [0, 0.05) is 17.8 Å². The molecule has 1 amide bonds. The second kappa shape index (κ2) is 3.85. The Morgan fingerprint density at radius 3 is 2.87 bits per heavy atom. The summed E-state index contributed by atoms with van der Waals surface area (Å²) in [6.45, 7) is 2.65. The van der Waals surface area contributed by atoms with Crippen LogP contribution in [-0.4, -0.2) is 17.3 Å². The van der Waals surface area contributed by atoms with E-state index in [-0.39, 0.29) is 10.7 Å². The van der Waals surface area contributed by atoms with Gasteiger partial charge >= 0.3 is 0 Å². The Bertz CT molecular complexity index is 406. The molecule has 1 aromatic carbocycles. The molecular formula is C11H13BrN2O. The lowest BCUT2D eigenvalue weighted by Gasteiger charge is -2.19. The predicted molar refractivity (Wildman–Crippen MR) is 65.3 cm³/mol. The van der Waals surface area contributed by atoms with Crippen LogP contribution in [0.5, 0.6) is 0 Å². The number of halogens is 1. The van der Waals surface area contributed by atoms with Crippen LogP contribution in [0.1, 0.15) is 12.0 Å². The topological polar surface area (TPSA) is 46.3 Å². The molecule has 1 heterocycles. The smallest absolute Gasteiger partial charge is 0.228 e. The molecule has 1 fully saturated rings. The third-order valence-corrected chi connectivity index (χ3v) is 3.28. The van der Waals surface area contributed by atoms with Crippen LogP contribution in [0.2, 0.25) is 0 Å². The molecule has 1 unspecified atom stereocenters. The molecule has 0 saturated carbocycles. The normalized spacial score (nSPS) is 21.1. The highest BCUT2D eigenvalue weighted by Gasteiger charge is 2.29. The van der Waals surface area contributed by atoms with Gasteiger partial charge in [0.1, 0.15) is 0 Å². The third kappa shape index (κ3) is 1.86. The van der Waals surface area contributed by atoms with Gasteiger partial charge in [-0.2, -0.15) is 0 Å². The van der Waals surface area contributed by atoms with Gasteiger partial charge in [0.2, 0.25) is 5.91 Å². The Morgan fingerprint density at radius 2 is 2.27 bits per heavy atom. The van der Waals surface area contributed by atoms with Crippen molar-refractivity contribution in [3.05, 3.63) is 23.8 Å². The highest BCUT2D eigenvalue weighted by Crippen LogP contribution is 2.31. The highest BCUT2D eigenvalue weighted by atomic mass is 79.9. The number of hydrogen-bond donors (Lipinski definition) is 1. The fraction of sp³-hybridized carbons (Fsp3) is 0.364. The van der Waals surface area contributed by atoms with Crippen LogP contribution in [-0.2, 0) is 4.79 Å². The van der Waals surface area contributed by atoms with E-state index >= 15 is 0 Å². The van der Waals surface area contributed by atoms with E-state index in [4.69, 9.17) is 5.73 Å². The molecule has 0 aromatic heterocycles. The Balaban J connectivity index is 2.38. The van der Waals surface area contributed by atoms with Crippen LogP contribution in [0, 0.1) is 6.92 Å². The Hall–Kier alpha value is -1.03. The largest absolute Gasteiger partial charge is 0.397 e. The summed E-state index contributed by atoms with van der Waals surface area (Å²) in [6, 6.07) is 5.77. The second-order valence-electron chi connectivity index (χ2n) is 3.81. The van der Waals surface area contributed by atoms with E-state index in [0.717, 1.165) is 11.3 Å². The van der Waals surface area contributed by atoms with E-state index in [1.165, 1.54) is 0 Å². The minimum absolute atomic E-state index is 0.133. The lowest BCUT2D eigenvalue weighted by Crippen LogP contribution is -2.25. The van der Waals surface area contributed by atoms with E-state index in [2.05, 4.69) is 15.9 Å². The summed E-state index contributed by atoms with van der Waals surface area (Å²) >= 11 is 3.46. The molecule has 4 heteroatoms. The minimum atomic E-state index is 0.133. The molecule has 1 aliphatic rings. The molecule has 2 rings (SSSR count). The van der Waals surface area contributed by atoms with Crippen LogP contribution >= 0.6 is 15.9 Å². The molecule has 80 valence electrons. The van der Waals surface area contributed by atoms with Crippen molar-refractivity contribution >= 4 is 33.2 Å². The van der Waals surface area contributed by atoms with Crippen molar-refractivity contribution in [2.45, 2.75) is 18.2 Å². The number of nitrogens with two attached hydrogens (primary N) is 1. The van der Waals surface area contributed by atoms with Crippen molar-refractivity contribution in [1.82, 2.24) is 0 Å². The Kier molecular flexibility index (Phi) is 2.69. The van der Waals surface area contributed by atoms with Crippen molar-refractivity contribution < 1.29 is 4.79 Å². The van der Waals surface area contributed by atoms with E-state index in [0.29, 0.717) is 18.7 Å². The lowest BCUT2D eigenvalue weighted by molar-refractivity contribution is -0.117. The molecule has 1 aliphatic heterocycles. The second-order valence-corrected chi connectivity index (χ2v) is 5.11. The molecule has 2 N–H and O–H groups in total. The van der Waals surface area contributed by atoms with Gasteiger partial charge in [-0.05, 0) is 18.6 Å². The maximum atomic E-state index is 11.7. The van der Waals surface area contributed by atoms with Gasteiger partial charge in [-0.3, -0.25) is 4.79 Å². The first-order chi connectivity index (χ1) is 7.09. The number of aryl methyl sites for hydroxylation is 1. The zero-order chi connectivity index (χ0) is 11.0. The molecule has 0 bridgehead atoms. The number of hydrogen-bond acceptors (Lipinski definition) is 2. The number of amides is 1. The fourth-order valence-electron chi connectivity index (χ4n) is 1.80. The first-order valence-corrected chi connectivity index (χ1v) is 5.80. The van der Waals surface area contributed by atoms with Gasteiger partial charge in [0.25, 0.3) is 0 Å². The summed E-state index contributed by atoms with van der Waals surface area (Å²) in [5, 5.41) is 0. The van der Waals surface area contributed by atoms with Crippen molar-refractivity contribution in [2.24, 2.45) is 0 Å². The first kappa shape index (κ1) is 10.5. The highest BCUT2D eigenvalue weighted by molar-refractivity contribution is 9.09. The number of anilines is 2. The number of nitrogen functional groups attached to an aromatic ring is 1. The molecule has 1 aromatic rings. The molecule has 3 nitrogen and oxygen atoms in total. The molecule has 1 atom stereocenters. The van der Waals surface area contributed by atoms with Crippen LogP contribution in [0.3, 0.4) is 0 Å². The first-order valence-electron chi connectivity index (χ1n) is 4.89. The maximum absolute atomic E-state index is 11.7. The molecule has 1 saturated heterocycles. The van der Waals surface area contributed by atoms with E-state index < -0.39 is 0 Å². The molecular weight excluding hydrogens is 256 g/mol. The number of para-hydroxylation sites is 1. The monoisotopic (exact) mass is 268 g/mol. The van der Waals surface area contributed by atoms with Gasteiger partial charge in [-0.25, -0.2) is 0 Å². The average molecular weight is 269 g/mol. The summed E-state index contributed by atoms with van der Waals surface area (Å²) in [5.41, 5.74) is 8.51. The van der Waals surface area contributed by atoms with Crippen molar-refractivity contribution in [2.75, 3.05) is 17.2 Å². The molecule has 0 aliphatic carbocycles. The Labute approximate surface area is 97.4 Å². The summed E-state index contributed by atoms with van der Waals surface area (Å²) < 4.78 is 0. The standard InChI is InChI=1S/C11H13BrN2O/c1-7-3-2-4-9(11(7)13)14-6-8(12)5-10(14)15/h2-4,8H,5-6,13H2,1H3. The molecule has 15 heavy (non-hydrogen) atoms. The molecule has 0 radical (unpaired) electrons. The summed E-state index contributed by atoms with van der Waals surface area (Å²) in [5.74, 6) is 0.133. The number of carbonyl (C=O) groups excluding carboxylic acids is 1. The number of carbonyl (C=O) groups is 1. The van der Waals surface area contributed by atoms with E-state index in [9.17, 15) is 4.79 Å². The number of nitrogens with zero attached hydrogens (tertiary/aromatic N) is 1. The van der Waals surface area contributed by atoms with Gasteiger partial charge in [0.15, 0.2) is 0 Å². The number of benzene rings is 1. The van der Waals surface area contributed by atoms with Gasteiger partial charge in [0.05, 0.1) is 11.4 Å². The maximum Gasteiger partial charge on any atom is 0.228 e. The van der Waals surface area contributed by atoms with Crippen LogP contribution in [0.4, 0.5) is 11.4 Å². The average Bonchev–Trinajstić information content (AvgIpc) is 2.50. The minimum Gasteiger partial charge on any atom is -0.397 e. The summed E-state index contributed by atoms with van der Waals surface area (Å²) in [4.78, 5) is 13.7. The van der Waals surface area contributed by atoms with Crippen molar-refractivity contribution in [1.29, 1.82) is 0 Å². The summed E-state index contributed by atoms with van der Waals surface area (Å²) in [7, 11) is 0. The molecule has 0 spiro atoms. The fourth-order valence-corrected chi connectivity index (χ4v) is 2.36. The third-order valence-electron chi connectivity index (χ3n) is 2.67. The van der Waals surface area contributed by atoms with Gasteiger partial charge < -0.3 is 10.6 Å². The quantitative estimate of drug-likeness (QED) is 0.626. The van der Waals surface area contributed by atoms with Crippen LogP contribution < -0.4 is 10.6 Å². The number of rotatable bonds is 1. The van der Waals surface area contributed by atoms with Gasteiger partial charge in [-0.15, -0.1) is 0 Å². The van der Waals surface area contributed by atoms with Gasteiger partial charge in [-0.1, -0.05) is 28.1 Å². The van der Waals surface area contributed by atoms with Crippen molar-refractivity contribution in [3.8, 4) is 0 Å². The zero-order valence-corrected chi connectivity index (χ0v) is 10.1. The van der Waals surface area contributed by atoms with Crippen LogP contribution in [0.15, 0.2) is 18.2 Å². The predicted octanol–water partition coefficient (Wildman–Crippen LogP) is 2.08. The zero-order valence-electron chi connectivity index (χ0n) is 8.53. The summed E-state index contributed by atoms with van der Waals surface area (Å²) in [6.07, 6.45) is 0.549. The van der Waals surface area contributed by atoms with Crippen molar-refractivity contribution in [3.63, 3.8) is 0 Å². The SMILES string of the molecule is Cc1cccc(N2CC(Br)CC2=O)c1N. The van der Waals surface area contributed by atoms with E-state index in [1.54, 1.807) is 4.90 Å². The lowest BCUT2D eigenvalue weighted by atomic mass is 10.1. The number of alkyl halides is 1. The van der Waals surface area contributed by atoms with Crippen LogP contribution in [0.25, 0.3) is 0 Å². The van der Waals surface area contributed by atoms with E-state index in [1.807, 2.05) is 25.1 Å².